The van der Waals surface area contributed by atoms with Gasteiger partial charge >= 0.3 is 0 Å². The highest BCUT2D eigenvalue weighted by Gasteiger charge is 2.34. The van der Waals surface area contributed by atoms with Gasteiger partial charge in [0.2, 0.25) is 0 Å². The lowest BCUT2D eigenvalue weighted by Crippen LogP contribution is -2.37. The van der Waals surface area contributed by atoms with E-state index in [4.69, 9.17) is 0 Å². The van der Waals surface area contributed by atoms with Crippen molar-refractivity contribution in [3.05, 3.63) is 16.1 Å². The summed E-state index contributed by atoms with van der Waals surface area (Å²) in [5.41, 5.74) is 3.78. The Balaban J connectivity index is 1.88. The van der Waals surface area contributed by atoms with Crippen LogP contribution in [0, 0.1) is 18.3 Å². The molecule has 1 saturated carbocycles. The molecular formula is C18H32N2S. The van der Waals surface area contributed by atoms with E-state index in [1.807, 2.05) is 16.8 Å². The van der Waals surface area contributed by atoms with Gasteiger partial charge in [-0.3, -0.25) is 0 Å². The smallest absolute Gasteiger partial charge is 0.0797 e. The summed E-state index contributed by atoms with van der Waals surface area (Å²) in [6.45, 7) is 5.65. The van der Waals surface area contributed by atoms with Crippen LogP contribution < -0.4 is 5.32 Å². The Kier molecular flexibility index (Phi) is 6.69. The number of hydrogen-bond donors (Lipinski definition) is 1. The molecule has 1 N–H and O–H groups in total. The summed E-state index contributed by atoms with van der Waals surface area (Å²) in [6.07, 6.45) is 12.5. The van der Waals surface area contributed by atoms with Gasteiger partial charge in [-0.1, -0.05) is 26.2 Å². The summed E-state index contributed by atoms with van der Waals surface area (Å²) in [4.78, 5) is 5.90. The molecule has 2 nitrogen and oxygen atoms in total. The predicted molar refractivity (Wildman–Crippen MR) is 93.0 cm³/mol. The summed E-state index contributed by atoms with van der Waals surface area (Å²) in [5, 5.41) is 3.47. The van der Waals surface area contributed by atoms with Crippen LogP contribution >= 0.6 is 11.3 Å². The summed E-state index contributed by atoms with van der Waals surface area (Å²) in [6, 6.07) is 0. The minimum Gasteiger partial charge on any atom is -0.319 e. The molecule has 3 heteroatoms. The average molecular weight is 309 g/mol. The van der Waals surface area contributed by atoms with Gasteiger partial charge in [0.15, 0.2) is 0 Å². The van der Waals surface area contributed by atoms with Crippen LogP contribution in [0.3, 0.4) is 0 Å². The number of rotatable bonds is 8. The summed E-state index contributed by atoms with van der Waals surface area (Å²) >= 11 is 1.84. The Labute approximate surface area is 134 Å². The number of hydrogen-bond acceptors (Lipinski definition) is 3. The zero-order valence-corrected chi connectivity index (χ0v) is 14.9. The van der Waals surface area contributed by atoms with Crippen LogP contribution in [0.4, 0.5) is 0 Å². The molecule has 0 bridgehead atoms. The van der Waals surface area contributed by atoms with Crippen molar-refractivity contribution in [3.8, 4) is 0 Å². The van der Waals surface area contributed by atoms with Gasteiger partial charge < -0.3 is 5.32 Å². The highest BCUT2D eigenvalue weighted by Crippen LogP contribution is 2.43. The third-order valence-corrected chi connectivity index (χ3v) is 6.41. The van der Waals surface area contributed by atoms with E-state index in [1.54, 1.807) is 0 Å². The first-order valence-corrected chi connectivity index (χ1v) is 9.60. The minimum absolute atomic E-state index is 0.536. The van der Waals surface area contributed by atoms with E-state index < -0.39 is 0 Å². The Hall–Kier alpha value is -0.410. The molecule has 120 valence electrons. The first kappa shape index (κ1) is 17.0. The predicted octanol–water partition coefficient (Wildman–Crippen LogP) is 4.97. The number of thiazole rings is 1. The van der Waals surface area contributed by atoms with E-state index >= 15 is 0 Å². The van der Waals surface area contributed by atoms with Gasteiger partial charge in [-0.2, -0.15) is 0 Å². The number of aryl methyl sites for hydroxylation is 2. The number of nitrogens with one attached hydrogen (secondary N) is 1. The Morgan fingerprint density at radius 2 is 2.14 bits per heavy atom. The maximum Gasteiger partial charge on any atom is 0.0797 e. The fraction of sp³-hybridized carbons (Fsp3) is 0.833. The first-order chi connectivity index (χ1) is 10.2. The zero-order valence-electron chi connectivity index (χ0n) is 14.1. The standard InChI is InChI=1S/C18H32N2S/c1-4-5-6-16-7-10-18(11-8-16,13-19-3)12-9-17-15(2)20-14-21-17/h14,16,19H,4-13H2,1-3H3. The second kappa shape index (κ2) is 8.28. The molecule has 21 heavy (non-hydrogen) atoms. The van der Waals surface area contributed by atoms with Crippen LogP contribution in [0.1, 0.15) is 68.9 Å². The van der Waals surface area contributed by atoms with Crippen LogP contribution in [0.15, 0.2) is 5.51 Å². The maximum absolute atomic E-state index is 4.40. The summed E-state index contributed by atoms with van der Waals surface area (Å²) in [5.74, 6) is 1.00. The third-order valence-electron chi connectivity index (χ3n) is 5.41. The number of unbranched alkanes of at least 4 members (excludes halogenated alkanes) is 1. The molecule has 0 amide bonds. The van der Waals surface area contributed by atoms with Crippen molar-refractivity contribution in [2.75, 3.05) is 13.6 Å². The van der Waals surface area contributed by atoms with Crippen molar-refractivity contribution in [2.45, 2.75) is 71.6 Å². The molecule has 0 saturated heterocycles. The van der Waals surface area contributed by atoms with E-state index in [1.165, 1.54) is 74.9 Å². The van der Waals surface area contributed by atoms with Gasteiger partial charge in [0.05, 0.1) is 11.2 Å². The molecule has 1 aromatic rings. The van der Waals surface area contributed by atoms with E-state index in [9.17, 15) is 0 Å². The van der Waals surface area contributed by atoms with Gasteiger partial charge in [0.1, 0.15) is 0 Å². The largest absolute Gasteiger partial charge is 0.319 e. The lowest BCUT2D eigenvalue weighted by molar-refractivity contribution is 0.131. The highest BCUT2D eigenvalue weighted by atomic mass is 32.1. The van der Waals surface area contributed by atoms with Crippen molar-refractivity contribution < 1.29 is 0 Å². The summed E-state index contributed by atoms with van der Waals surface area (Å²) in [7, 11) is 2.11. The molecule has 2 rings (SSSR count). The monoisotopic (exact) mass is 308 g/mol. The Bertz CT molecular complexity index is 405. The molecule has 0 spiro atoms. The molecule has 1 heterocycles. The third kappa shape index (κ3) is 4.79. The second-order valence-electron chi connectivity index (χ2n) is 6.98. The average Bonchev–Trinajstić information content (AvgIpc) is 2.90. The molecule has 0 unspecified atom stereocenters. The van der Waals surface area contributed by atoms with Crippen LogP contribution in [0.5, 0.6) is 0 Å². The first-order valence-electron chi connectivity index (χ1n) is 8.72. The Morgan fingerprint density at radius 3 is 2.71 bits per heavy atom. The van der Waals surface area contributed by atoms with Gasteiger partial charge in [-0.15, -0.1) is 11.3 Å². The van der Waals surface area contributed by atoms with E-state index in [0.717, 1.165) is 5.92 Å². The quantitative estimate of drug-likeness (QED) is 0.733. The topological polar surface area (TPSA) is 24.9 Å². The second-order valence-corrected chi connectivity index (χ2v) is 7.92. The van der Waals surface area contributed by atoms with E-state index in [-0.39, 0.29) is 0 Å². The maximum atomic E-state index is 4.40. The van der Waals surface area contributed by atoms with Crippen molar-refractivity contribution in [3.63, 3.8) is 0 Å². The number of nitrogens with zero attached hydrogens (tertiary/aromatic N) is 1. The lowest BCUT2D eigenvalue weighted by atomic mass is 9.67. The molecule has 0 radical (unpaired) electrons. The highest BCUT2D eigenvalue weighted by molar-refractivity contribution is 7.09. The van der Waals surface area contributed by atoms with Crippen LogP contribution in [0.25, 0.3) is 0 Å². The molecule has 1 aliphatic rings. The van der Waals surface area contributed by atoms with E-state index in [2.05, 4.69) is 31.2 Å². The van der Waals surface area contributed by atoms with Gasteiger partial charge in [-0.05, 0) is 63.8 Å². The normalized spacial score (nSPS) is 26.1. The van der Waals surface area contributed by atoms with E-state index in [0.29, 0.717) is 5.41 Å². The molecule has 0 atom stereocenters. The van der Waals surface area contributed by atoms with Crippen LogP contribution in [-0.4, -0.2) is 18.6 Å². The van der Waals surface area contributed by atoms with Gasteiger partial charge in [-0.25, -0.2) is 4.98 Å². The lowest BCUT2D eigenvalue weighted by Gasteiger charge is -2.40. The fourth-order valence-corrected chi connectivity index (χ4v) is 4.69. The molecule has 1 aliphatic carbocycles. The molecular weight excluding hydrogens is 276 g/mol. The number of aromatic nitrogens is 1. The molecule has 1 fully saturated rings. The van der Waals surface area contributed by atoms with Crippen molar-refractivity contribution in [1.29, 1.82) is 0 Å². The SMILES string of the molecule is CCCCC1CCC(CCc2scnc2C)(CNC)CC1. The van der Waals surface area contributed by atoms with Crippen molar-refractivity contribution >= 4 is 11.3 Å². The minimum atomic E-state index is 0.536. The molecule has 0 aromatic carbocycles. The molecule has 0 aliphatic heterocycles. The van der Waals surface area contributed by atoms with Gasteiger partial charge in [0, 0.05) is 11.4 Å². The molecule has 1 aromatic heterocycles. The van der Waals surface area contributed by atoms with Gasteiger partial charge in [0.25, 0.3) is 0 Å². The Morgan fingerprint density at radius 1 is 1.38 bits per heavy atom. The fourth-order valence-electron chi connectivity index (χ4n) is 3.91. The zero-order chi connectivity index (χ0) is 15.1. The van der Waals surface area contributed by atoms with Crippen molar-refractivity contribution in [2.24, 2.45) is 11.3 Å². The summed E-state index contributed by atoms with van der Waals surface area (Å²) < 4.78 is 0. The van der Waals surface area contributed by atoms with Crippen LogP contribution in [-0.2, 0) is 6.42 Å². The van der Waals surface area contributed by atoms with Crippen molar-refractivity contribution in [1.82, 2.24) is 10.3 Å². The van der Waals surface area contributed by atoms with Crippen LogP contribution in [0.2, 0.25) is 0 Å².